The second-order valence-corrected chi connectivity index (χ2v) is 6.20. The molecule has 118 valence electrons. The summed E-state index contributed by atoms with van der Waals surface area (Å²) in [5.41, 5.74) is 3.24. The van der Waals surface area contributed by atoms with Gasteiger partial charge in [0.25, 0.3) is 0 Å². The van der Waals surface area contributed by atoms with E-state index in [9.17, 15) is 4.79 Å². The van der Waals surface area contributed by atoms with Gasteiger partial charge in [0.05, 0.1) is 10.6 Å². The number of carbonyl (C=O) groups is 1. The largest absolute Gasteiger partial charge is 0.326 e. The molecule has 0 radical (unpaired) electrons. The Morgan fingerprint density at radius 1 is 1.08 bits per heavy atom. The number of aromatic nitrogens is 4. The summed E-state index contributed by atoms with van der Waals surface area (Å²) in [6.45, 7) is 1.49. The van der Waals surface area contributed by atoms with Gasteiger partial charge in [0, 0.05) is 18.2 Å². The number of amides is 1. The minimum absolute atomic E-state index is 0.0904. The number of thiophene rings is 1. The first kappa shape index (κ1) is 14.5. The lowest BCUT2D eigenvalue weighted by atomic mass is 10.1. The monoisotopic (exact) mass is 335 g/mol. The van der Waals surface area contributed by atoms with Crippen LogP contribution in [0.5, 0.6) is 0 Å². The molecule has 1 aromatic carbocycles. The van der Waals surface area contributed by atoms with Crippen LogP contribution in [-0.2, 0) is 4.79 Å². The van der Waals surface area contributed by atoms with E-state index in [0.717, 1.165) is 27.6 Å². The van der Waals surface area contributed by atoms with Crippen molar-refractivity contribution < 1.29 is 4.79 Å². The fraction of sp³-hybridized carbons (Fsp3) is 0.0588. The number of rotatable bonds is 3. The summed E-state index contributed by atoms with van der Waals surface area (Å²) in [5.74, 6) is 0.643. The number of hydrogen-bond donors (Lipinski definition) is 1. The van der Waals surface area contributed by atoms with E-state index in [0.29, 0.717) is 5.65 Å². The first-order chi connectivity index (χ1) is 11.7. The minimum atomic E-state index is -0.0904. The number of carbonyl (C=O) groups excluding carboxylic acids is 1. The molecule has 0 bridgehead atoms. The highest BCUT2D eigenvalue weighted by Gasteiger charge is 2.11. The van der Waals surface area contributed by atoms with Gasteiger partial charge in [-0.3, -0.25) is 4.79 Å². The van der Waals surface area contributed by atoms with Crippen molar-refractivity contribution in [1.29, 1.82) is 0 Å². The summed E-state index contributed by atoms with van der Waals surface area (Å²) in [6.07, 6.45) is 0. The average Bonchev–Trinajstić information content (AvgIpc) is 3.23. The third-order valence-electron chi connectivity index (χ3n) is 3.51. The normalized spacial score (nSPS) is 10.9. The highest BCUT2D eigenvalue weighted by atomic mass is 32.1. The molecule has 1 N–H and O–H groups in total. The highest BCUT2D eigenvalue weighted by molar-refractivity contribution is 7.13. The molecule has 4 rings (SSSR count). The van der Waals surface area contributed by atoms with E-state index in [-0.39, 0.29) is 5.91 Å². The molecule has 0 atom stereocenters. The maximum Gasteiger partial charge on any atom is 0.221 e. The molecular weight excluding hydrogens is 322 g/mol. The molecule has 0 aliphatic heterocycles. The Morgan fingerprint density at radius 3 is 2.62 bits per heavy atom. The number of fused-ring (bicyclic) bond motifs is 1. The molecule has 3 aromatic heterocycles. The van der Waals surface area contributed by atoms with Crippen molar-refractivity contribution in [3.63, 3.8) is 0 Å². The zero-order valence-corrected chi connectivity index (χ0v) is 13.6. The van der Waals surface area contributed by atoms with E-state index < -0.39 is 0 Å². The van der Waals surface area contributed by atoms with Crippen LogP contribution < -0.4 is 5.32 Å². The number of anilines is 1. The predicted octanol–water partition coefficient (Wildman–Crippen LogP) is 3.48. The molecule has 24 heavy (non-hydrogen) atoms. The Hall–Kier alpha value is -3.06. The molecular formula is C17H13N5OS. The Kier molecular flexibility index (Phi) is 3.55. The van der Waals surface area contributed by atoms with E-state index in [1.54, 1.807) is 15.9 Å². The zero-order chi connectivity index (χ0) is 16.5. The molecule has 0 spiro atoms. The summed E-state index contributed by atoms with van der Waals surface area (Å²) in [4.78, 5) is 12.1. The Bertz CT molecular complexity index is 1010. The topological polar surface area (TPSA) is 72.2 Å². The average molecular weight is 335 g/mol. The van der Waals surface area contributed by atoms with Gasteiger partial charge in [-0.15, -0.1) is 21.5 Å². The predicted molar refractivity (Wildman–Crippen MR) is 93.8 cm³/mol. The Balaban J connectivity index is 1.74. The summed E-state index contributed by atoms with van der Waals surface area (Å²) in [6, 6.07) is 15.3. The first-order valence-corrected chi connectivity index (χ1v) is 8.23. The lowest BCUT2D eigenvalue weighted by molar-refractivity contribution is -0.114. The lowest BCUT2D eigenvalue weighted by Crippen LogP contribution is -2.05. The highest BCUT2D eigenvalue weighted by Crippen LogP contribution is 2.25. The molecule has 1 amide bonds. The second kappa shape index (κ2) is 5.86. The second-order valence-electron chi connectivity index (χ2n) is 5.25. The van der Waals surface area contributed by atoms with Crippen LogP contribution in [0.3, 0.4) is 0 Å². The van der Waals surface area contributed by atoms with Gasteiger partial charge >= 0.3 is 0 Å². The summed E-state index contributed by atoms with van der Waals surface area (Å²) >= 11 is 1.60. The van der Waals surface area contributed by atoms with Crippen molar-refractivity contribution >= 4 is 28.6 Å². The van der Waals surface area contributed by atoms with Gasteiger partial charge in [0.1, 0.15) is 0 Å². The summed E-state index contributed by atoms with van der Waals surface area (Å²) in [7, 11) is 0. The number of benzene rings is 1. The van der Waals surface area contributed by atoms with Crippen LogP contribution in [0.25, 0.3) is 27.6 Å². The van der Waals surface area contributed by atoms with E-state index in [1.165, 1.54) is 6.92 Å². The molecule has 0 saturated heterocycles. The van der Waals surface area contributed by atoms with Crippen molar-refractivity contribution in [3.05, 3.63) is 53.9 Å². The van der Waals surface area contributed by atoms with Crippen LogP contribution in [0.4, 0.5) is 5.69 Å². The molecule has 0 unspecified atom stereocenters. The van der Waals surface area contributed by atoms with Gasteiger partial charge in [-0.25, -0.2) is 0 Å². The van der Waals surface area contributed by atoms with Gasteiger partial charge < -0.3 is 5.32 Å². The minimum Gasteiger partial charge on any atom is -0.326 e. The quantitative estimate of drug-likeness (QED) is 0.622. The van der Waals surface area contributed by atoms with Gasteiger partial charge in [-0.05, 0) is 35.7 Å². The molecule has 7 heteroatoms. The maximum atomic E-state index is 11.1. The van der Waals surface area contributed by atoms with Crippen LogP contribution in [0, 0.1) is 0 Å². The number of nitrogens with one attached hydrogen (secondary N) is 1. The number of hydrogen-bond acceptors (Lipinski definition) is 5. The van der Waals surface area contributed by atoms with Crippen LogP contribution in [-0.4, -0.2) is 25.7 Å². The SMILES string of the molecule is CC(=O)Nc1ccc(-c2ccc3nnc(-c4cccs4)n3n2)cc1. The molecule has 0 saturated carbocycles. The van der Waals surface area contributed by atoms with Crippen molar-refractivity contribution in [2.75, 3.05) is 5.32 Å². The third kappa shape index (κ3) is 2.65. The zero-order valence-electron chi connectivity index (χ0n) is 12.8. The Labute approximate surface area is 141 Å². The Morgan fingerprint density at radius 2 is 1.92 bits per heavy atom. The van der Waals surface area contributed by atoms with E-state index in [4.69, 9.17) is 0 Å². The van der Waals surface area contributed by atoms with Crippen molar-refractivity contribution in [2.24, 2.45) is 0 Å². The van der Waals surface area contributed by atoms with Crippen LogP contribution in [0.2, 0.25) is 0 Å². The first-order valence-electron chi connectivity index (χ1n) is 7.35. The molecule has 0 aliphatic rings. The maximum absolute atomic E-state index is 11.1. The fourth-order valence-corrected chi connectivity index (χ4v) is 3.12. The smallest absolute Gasteiger partial charge is 0.221 e. The standard InChI is InChI=1S/C17H13N5OS/c1-11(23)18-13-6-4-12(5-7-13)14-8-9-16-19-20-17(22(16)21-14)15-3-2-10-24-15/h2-10H,1H3,(H,18,23). The third-order valence-corrected chi connectivity index (χ3v) is 4.37. The van der Waals surface area contributed by atoms with Gasteiger partial charge in [-0.1, -0.05) is 18.2 Å². The molecule has 0 fully saturated rings. The molecule has 3 heterocycles. The number of nitrogens with zero attached hydrogens (tertiary/aromatic N) is 4. The van der Waals surface area contributed by atoms with Crippen molar-refractivity contribution in [2.45, 2.75) is 6.92 Å². The van der Waals surface area contributed by atoms with Crippen LogP contribution >= 0.6 is 11.3 Å². The van der Waals surface area contributed by atoms with Gasteiger partial charge in [0.2, 0.25) is 5.91 Å². The summed E-state index contributed by atoms with van der Waals surface area (Å²) < 4.78 is 1.75. The van der Waals surface area contributed by atoms with Gasteiger partial charge in [0.15, 0.2) is 11.5 Å². The summed E-state index contributed by atoms with van der Waals surface area (Å²) in [5, 5.41) is 17.8. The van der Waals surface area contributed by atoms with Gasteiger partial charge in [-0.2, -0.15) is 9.61 Å². The van der Waals surface area contributed by atoms with E-state index in [2.05, 4.69) is 20.6 Å². The van der Waals surface area contributed by atoms with Crippen molar-refractivity contribution in [3.8, 4) is 22.0 Å². The van der Waals surface area contributed by atoms with E-state index in [1.807, 2.05) is 53.9 Å². The fourth-order valence-electron chi connectivity index (χ4n) is 2.43. The molecule has 4 aromatic rings. The molecule has 0 aliphatic carbocycles. The lowest BCUT2D eigenvalue weighted by Gasteiger charge is -2.05. The van der Waals surface area contributed by atoms with Crippen molar-refractivity contribution in [1.82, 2.24) is 19.8 Å². The van der Waals surface area contributed by atoms with E-state index >= 15 is 0 Å². The van der Waals surface area contributed by atoms with Crippen LogP contribution in [0.1, 0.15) is 6.92 Å². The van der Waals surface area contributed by atoms with Crippen LogP contribution in [0.15, 0.2) is 53.9 Å². The molecule has 6 nitrogen and oxygen atoms in total.